The van der Waals surface area contributed by atoms with E-state index in [9.17, 15) is 9.59 Å². The summed E-state index contributed by atoms with van der Waals surface area (Å²) in [6.45, 7) is 5.35. The molecule has 0 N–H and O–H groups in total. The number of piperazine rings is 1. The molecule has 0 aliphatic carbocycles. The molecule has 2 aromatic heterocycles. The number of benzene rings is 1. The van der Waals surface area contributed by atoms with Crippen LogP contribution < -0.4 is 4.90 Å². The van der Waals surface area contributed by atoms with E-state index in [1.165, 1.54) is 12.3 Å². The number of nitrogens with zero attached hydrogens (tertiary/aromatic N) is 5. The molecule has 11 heteroatoms. The van der Waals surface area contributed by atoms with Gasteiger partial charge in [-0.25, -0.2) is 9.78 Å². The lowest BCUT2D eigenvalue weighted by Crippen LogP contribution is -2.48. The first-order chi connectivity index (χ1) is 18.7. The third-order valence-corrected chi connectivity index (χ3v) is 6.97. The van der Waals surface area contributed by atoms with Gasteiger partial charge in [0.2, 0.25) is 0 Å². The van der Waals surface area contributed by atoms with Gasteiger partial charge in [-0.05, 0) is 44.5 Å². The summed E-state index contributed by atoms with van der Waals surface area (Å²) in [4.78, 5) is 39.2. The van der Waals surface area contributed by atoms with Crippen molar-refractivity contribution < 1.29 is 18.4 Å². The van der Waals surface area contributed by atoms with Crippen molar-refractivity contribution in [1.29, 1.82) is 0 Å². The summed E-state index contributed by atoms with van der Waals surface area (Å²) in [5.41, 5.74) is 1.15. The van der Waals surface area contributed by atoms with Gasteiger partial charge in [-0.3, -0.25) is 19.6 Å². The zero-order valence-electron chi connectivity index (χ0n) is 23.7. The molecule has 0 spiro atoms. The number of rotatable bonds is 5. The average molecular weight is 566 g/mol. The van der Waals surface area contributed by atoms with E-state index < -0.39 is 18.7 Å². The highest BCUT2D eigenvalue weighted by Crippen LogP contribution is 2.29. The molecule has 2 amide bonds. The molecule has 0 bridgehead atoms. The maximum atomic E-state index is 13.4. The molecule has 3 heterocycles. The summed E-state index contributed by atoms with van der Waals surface area (Å²) in [7, 11) is 0. The number of ether oxygens (including phenoxy) is 1. The van der Waals surface area contributed by atoms with Gasteiger partial charge in [0.05, 0.1) is 16.3 Å². The van der Waals surface area contributed by atoms with Crippen molar-refractivity contribution in [2.75, 3.05) is 38.1 Å². The predicted molar refractivity (Wildman–Crippen MR) is 148 cm³/mol. The number of pyridine rings is 1. The SMILES string of the molecule is [2H]C([2H])([2H])N(C(=O)OC(C)(C)C)c1nc(-c2cc(C(=O)N3CCN(Cc4ccc(Cl)cc4)CC3)c(Cl)cn2)cs1. The lowest BCUT2D eigenvalue weighted by Gasteiger charge is -2.35. The van der Waals surface area contributed by atoms with Gasteiger partial charge in [-0.1, -0.05) is 35.3 Å². The topological polar surface area (TPSA) is 78.9 Å². The Bertz CT molecular complexity index is 1370. The fraction of sp³-hybridized carbons (Fsp3) is 0.385. The maximum absolute atomic E-state index is 13.4. The first kappa shape index (κ1) is 23.4. The van der Waals surface area contributed by atoms with Crippen LogP contribution in [0.3, 0.4) is 0 Å². The van der Waals surface area contributed by atoms with E-state index in [0.29, 0.717) is 47.5 Å². The zero-order chi connectivity index (χ0) is 29.2. The molecule has 37 heavy (non-hydrogen) atoms. The van der Waals surface area contributed by atoms with Crippen LogP contribution in [0, 0.1) is 0 Å². The number of halogens is 2. The van der Waals surface area contributed by atoms with Crippen molar-refractivity contribution in [1.82, 2.24) is 19.8 Å². The highest BCUT2D eigenvalue weighted by atomic mass is 35.5. The van der Waals surface area contributed by atoms with E-state index in [1.807, 2.05) is 24.3 Å². The second-order valence-corrected chi connectivity index (χ2v) is 11.3. The highest BCUT2D eigenvalue weighted by molar-refractivity contribution is 7.14. The summed E-state index contributed by atoms with van der Waals surface area (Å²) in [5.74, 6) is -0.229. The Balaban J connectivity index is 1.48. The van der Waals surface area contributed by atoms with E-state index >= 15 is 0 Å². The van der Waals surface area contributed by atoms with E-state index in [4.69, 9.17) is 32.1 Å². The fourth-order valence-corrected chi connectivity index (χ4v) is 4.77. The van der Waals surface area contributed by atoms with Crippen molar-refractivity contribution in [2.45, 2.75) is 32.9 Å². The molecule has 1 saturated heterocycles. The minimum absolute atomic E-state index is 0.0781. The number of anilines is 1. The van der Waals surface area contributed by atoms with Crippen molar-refractivity contribution in [2.24, 2.45) is 0 Å². The molecule has 1 fully saturated rings. The molecule has 1 aromatic carbocycles. The van der Waals surface area contributed by atoms with Crippen molar-refractivity contribution in [3.05, 3.63) is 63.1 Å². The third-order valence-electron chi connectivity index (χ3n) is 5.59. The van der Waals surface area contributed by atoms with Crippen LogP contribution >= 0.6 is 34.5 Å². The highest BCUT2D eigenvalue weighted by Gasteiger charge is 2.26. The number of thiazole rings is 1. The van der Waals surface area contributed by atoms with Crippen LogP contribution in [0.2, 0.25) is 10.0 Å². The zero-order valence-corrected chi connectivity index (χ0v) is 23.0. The Labute approximate surface area is 235 Å². The number of hydrogen-bond acceptors (Lipinski definition) is 7. The summed E-state index contributed by atoms with van der Waals surface area (Å²) in [6.07, 6.45) is 0.332. The monoisotopic (exact) mass is 564 g/mol. The molecule has 0 saturated carbocycles. The van der Waals surface area contributed by atoms with Gasteiger partial charge in [-0.2, -0.15) is 0 Å². The minimum Gasteiger partial charge on any atom is -0.443 e. The average Bonchev–Trinajstić information content (AvgIpc) is 3.33. The molecule has 0 radical (unpaired) electrons. The number of carbonyl (C=O) groups excluding carboxylic acids is 2. The van der Waals surface area contributed by atoms with Gasteiger partial charge in [0.25, 0.3) is 5.91 Å². The van der Waals surface area contributed by atoms with E-state index in [2.05, 4.69) is 14.9 Å². The van der Waals surface area contributed by atoms with Crippen molar-refractivity contribution in [3.63, 3.8) is 0 Å². The summed E-state index contributed by atoms with van der Waals surface area (Å²) in [5, 5.41) is 2.38. The van der Waals surface area contributed by atoms with Crippen LogP contribution in [0.4, 0.5) is 9.93 Å². The Hall–Kier alpha value is -2.72. The summed E-state index contributed by atoms with van der Waals surface area (Å²) in [6, 6.07) is 9.25. The van der Waals surface area contributed by atoms with Gasteiger partial charge in [0.15, 0.2) is 5.13 Å². The second-order valence-electron chi connectivity index (χ2n) is 9.58. The Kier molecular flexibility index (Phi) is 7.18. The van der Waals surface area contributed by atoms with Gasteiger partial charge >= 0.3 is 6.09 Å². The molecule has 196 valence electrons. The van der Waals surface area contributed by atoms with E-state index in [1.54, 1.807) is 31.1 Å². The molecule has 3 aromatic rings. The van der Waals surface area contributed by atoms with E-state index in [0.717, 1.165) is 23.4 Å². The largest absolute Gasteiger partial charge is 0.443 e. The number of hydrogen-bond donors (Lipinski definition) is 0. The number of carbonyl (C=O) groups is 2. The van der Waals surface area contributed by atoms with E-state index in [-0.39, 0.29) is 21.6 Å². The summed E-state index contributed by atoms with van der Waals surface area (Å²) < 4.78 is 28.8. The quantitative estimate of drug-likeness (QED) is 0.387. The predicted octanol–water partition coefficient (Wildman–Crippen LogP) is 5.84. The molecule has 1 aliphatic rings. The van der Waals surface area contributed by atoms with Gasteiger partial charge in [-0.15, -0.1) is 11.3 Å². The number of amides is 2. The lowest BCUT2D eigenvalue weighted by atomic mass is 10.1. The summed E-state index contributed by atoms with van der Waals surface area (Å²) >= 11 is 13.3. The molecule has 1 aliphatic heterocycles. The molecule has 8 nitrogen and oxygen atoms in total. The van der Waals surface area contributed by atoms with Gasteiger partial charge in [0, 0.05) is 60.4 Å². The minimum atomic E-state index is -2.82. The van der Waals surface area contributed by atoms with Crippen LogP contribution in [0.15, 0.2) is 41.9 Å². The Morgan fingerprint density at radius 3 is 2.49 bits per heavy atom. The standard InChI is InChI=1S/C26H29Cl2N5O3S/c1-26(2,3)36-25(35)31(4)24-30-22(16-37-24)21-13-19(20(28)14-29-21)23(34)33-11-9-32(10-12-33)15-17-5-7-18(27)8-6-17/h5-8,13-14,16H,9-12,15H2,1-4H3/i4D3. The van der Waals surface area contributed by atoms with Gasteiger partial charge in [0.1, 0.15) is 11.3 Å². The van der Waals surface area contributed by atoms with Crippen LogP contribution in [-0.4, -0.2) is 70.5 Å². The first-order valence-corrected chi connectivity index (χ1v) is 13.3. The Morgan fingerprint density at radius 1 is 1.14 bits per heavy atom. The number of aromatic nitrogens is 2. The lowest BCUT2D eigenvalue weighted by molar-refractivity contribution is 0.0587. The van der Waals surface area contributed by atoms with Gasteiger partial charge < -0.3 is 9.64 Å². The molecular weight excluding hydrogens is 533 g/mol. The third kappa shape index (κ3) is 6.98. The maximum Gasteiger partial charge on any atom is 0.416 e. The molecule has 0 atom stereocenters. The van der Waals surface area contributed by atoms with Crippen LogP contribution in [0.5, 0.6) is 0 Å². The fourth-order valence-electron chi connectivity index (χ4n) is 3.74. The van der Waals surface area contributed by atoms with Crippen LogP contribution in [-0.2, 0) is 11.3 Å². The second kappa shape index (κ2) is 11.3. The molecule has 4 rings (SSSR count). The van der Waals surface area contributed by atoms with Crippen LogP contribution in [0.25, 0.3) is 11.4 Å². The Morgan fingerprint density at radius 2 is 1.84 bits per heavy atom. The first-order valence-electron chi connectivity index (χ1n) is 13.1. The van der Waals surface area contributed by atoms with Crippen molar-refractivity contribution >= 4 is 51.7 Å². The molecule has 0 unspecified atom stereocenters. The van der Waals surface area contributed by atoms with Crippen LogP contribution in [0.1, 0.15) is 40.8 Å². The normalized spacial score (nSPS) is 16.0. The van der Waals surface area contributed by atoms with Crippen molar-refractivity contribution in [3.8, 4) is 11.4 Å². The molecular formula is C26H29Cl2N5O3S. The smallest absolute Gasteiger partial charge is 0.416 e.